The molecule has 108 valence electrons. The molecule has 1 aromatic carbocycles. The summed E-state index contributed by atoms with van der Waals surface area (Å²) in [5.41, 5.74) is 4.68. The van der Waals surface area contributed by atoms with Crippen LogP contribution in [0.25, 0.3) is 11.0 Å². The molecular weight excluding hydrogens is 262 g/mol. The summed E-state index contributed by atoms with van der Waals surface area (Å²) in [6, 6.07) is 12.4. The first-order chi connectivity index (χ1) is 10.4. The first-order valence-electron chi connectivity index (χ1n) is 7.06. The highest BCUT2D eigenvalue weighted by Gasteiger charge is 2.05. The second-order valence-corrected chi connectivity index (χ2v) is 5.02. The van der Waals surface area contributed by atoms with Gasteiger partial charge < -0.3 is 15.0 Å². The molecule has 2 N–H and O–H groups in total. The maximum absolute atomic E-state index is 5.24. The van der Waals surface area contributed by atoms with Gasteiger partial charge in [-0.3, -0.25) is 0 Å². The van der Waals surface area contributed by atoms with E-state index in [0.29, 0.717) is 6.61 Å². The molecule has 0 aliphatic heterocycles. The molecule has 0 saturated carbocycles. The predicted octanol–water partition coefficient (Wildman–Crippen LogP) is 3.00. The Labute approximate surface area is 124 Å². The summed E-state index contributed by atoms with van der Waals surface area (Å²) in [4.78, 5) is 7.50. The number of fused-ring (bicyclic) bond motifs is 1. The van der Waals surface area contributed by atoms with E-state index < -0.39 is 0 Å². The molecule has 0 aliphatic carbocycles. The second-order valence-electron chi connectivity index (χ2n) is 5.02. The van der Waals surface area contributed by atoms with E-state index in [-0.39, 0.29) is 0 Å². The highest BCUT2D eigenvalue weighted by molar-refractivity contribution is 5.79. The number of nitrogens with zero attached hydrogens (tertiary/aromatic N) is 1. The minimum Gasteiger partial charge on any atom is -0.380 e. The van der Waals surface area contributed by atoms with Crippen molar-refractivity contribution in [3.8, 4) is 0 Å². The van der Waals surface area contributed by atoms with Crippen LogP contribution in [0.3, 0.4) is 0 Å². The molecule has 0 amide bonds. The topological polar surface area (TPSA) is 49.9 Å². The van der Waals surface area contributed by atoms with Crippen molar-refractivity contribution in [2.75, 3.05) is 7.11 Å². The van der Waals surface area contributed by atoms with Gasteiger partial charge in [-0.2, -0.15) is 0 Å². The molecule has 0 atom stereocenters. The number of H-pyrrole nitrogens is 1. The molecule has 2 aromatic heterocycles. The summed E-state index contributed by atoms with van der Waals surface area (Å²) in [6.45, 7) is 2.29. The van der Waals surface area contributed by atoms with E-state index in [1.54, 1.807) is 13.3 Å². The molecular formula is C17H19N3O. The lowest BCUT2D eigenvalue weighted by Crippen LogP contribution is -2.14. The lowest BCUT2D eigenvalue weighted by molar-refractivity contribution is 0.184. The van der Waals surface area contributed by atoms with E-state index in [9.17, 15) is 0 Å². The lowest BCUT2D eigenvalue weighted by Gasteiger charge is -2.09. The van der Waals surface area contributed by atoms with Crippen LogP contribution in [0.4, 0.5) is 0 Å². The van der Waals surface area contributed by atoms with Gasteiger partial charge in [0.1, 0.15) is 5.65 Å². The first kappa shape index (κ1) is 13.8. The quantitative estimate of drug-likeness (QED) is 0.730. The Bertz CT molecular complexity index is 721. The zero-order valence-electron chi connectivity index (χ0n) is 12.1. The maximum Gasteiger partial charge on any atom is 0.137 e. The van der Waals surface area contributed by atoms with Gasteiger partial charge in [0, 0.05) is 38.0 Å². The van der Waals surface area contributed by atoms with Crippen molar-refractivity contribution in [2.45, 2.75) is 19.7 Å². The average molecular weight is 281 g/mol. The van der Waals surface area contributed by atoms with Gasteiger partial charge in [-0.15, -0.1) is 0 Å². The Morgan fingerprint density at radius 3 is 2.71 bits per heavy atom. The van der Waals surface area contributed by atoms with E-state index in [2.05, 4.69) is 39.6 Å². The molecule has 3 rings (SSSR count). The second kappa shape index (κ2) is 6.52. The molecule has 0 spiro atoms. The minimum atomic E-state index is 0.648. The molecule has 0 aliphatic rings. The number of nitrogens with one attached hydrogen (secondary N) is 2. The number of aromatic amines is 1. The molecule has 3 aromatic rings. The van der Waals surface area contributed by atoms with Crippen LogP contribution in [0.5, 0.6) is 0 Å². The van der Waals surface area contributed by atoms with Crippen molar-refractivity contribution in [1.82, 2.24) is 15.3 Å². The van der Waals surface area contributed by atoms with Crippen LogP contribution in [0.2, 0.25) is 0 Å². The Kier molecular flexibility index (Phi) is 4.28. The van der Waals surface area contributed by atoms with Crippen LogP contribution >= 0.6 is 0 Å². The van der Waals surface area contributed by atoms with Crippen molar-refractivity contribution >= 4 is 11.0 Å². The smallest absolute Gasteiger partial charge is 0.137 e. The molecule has 21 heavy (non-hydrogen) atoms. The van der Waals surface area contributed by atoms with Gasteiger partial charge in [-0.25, -0.2) is 4.98 Å². The molecule has 4 heteroatoms. The van der Waals surface area contributed by atoms with Crippen molar-refractivity contribution < 1.29 is 4.74 Å². The average Bonchev–Trinajstić information content (AvgIpc) is 2.93. The fourth-order valence-electron chi connectivity index (χ4n) is 2.52. The van der Waals surface area contributed by atoms with E-state index in [1.165, 1.54) is 22.1 Å². The molecule has 0 unspecified atom stereocenters. The summed E-state index contributed by atoms with van der Waals surface area (Å²) in [5.74, 6) is 0. The van der Waals surface area contributed by atoms with E-state index in [1.807, 2.05) is 18.3 Å². The third-order valence-electron chi connectivity index (χ3n) is 3.59. The SMILES string of the molecule is COCc1ccccc1CNCc1c[nH]c2ncccc12. The maximum atomic E-state index is 5.24. The Morgan fingerprint density at radius 2 is 1.86 bits per heavy atom. The van der Waals surface area contributed by atoms with Gasteiger partial charge in [-0.05, 0) is 28.8 Å². The first-order valence-corrected chi connectivity index (χ1v) is 7.06. The number of hydrogen-bond acceptors (Lipinski definition) is 3. The largest absolute Gasteiger partial charge is 0.380 e. The fraction of sp³-hybridized carbons (Fsp3) is 0.235. The highest BCUT2D eigenvalue weighted by Crippen LogP contribution is 2.16. The molecule has 0 radical (unpaired) electrons. The molecule has 2 heterocycles. The number of hydrogen-bond donors (Lipinski definition) is 2. The number of methoxy groups -OCH3 is 1. The van der Waals surface area contributed by atoms with E-state index in [4.69, 9.17) is 4.74 Å². The summed E-state index contributed by atoms with van der Waals surface area (Å²) in [5, 5.41) is 4.67. The normalized spacial score (nSPS) is 11.1. The van der Waals surface area contributed by atoms with Crippen LogP contribution in [0, 0.1) is 0 Å². The van der Waals surface area contributed by atoms with E-state index in [0.717, 1.165) is 18.7 Å². The Balaban J connectivity index is 1.66. The van der Waals surface area contributed by atoms with Crippen molar-refractivity contribution in [3.63, 3.8) is 0 Å². The Hall–Kier alpha value is -2.17. The third kappa shape index (κ3) is 3.12. The number of ether oxygens (including phenoxy) is 1. The van der Waals surface area contributed by atoms with E-state index >= 15 is 0 Å². The molecule has 0 bridgehead atoms. The van der Waals surface area contributed by atoms with Crippen molar-refractivity contribution in [3.05, 3.63) is 65.5 Å². The van der Waals surface area contributed by atoms with Gasteiger partial charge in [0.2, 0.25) is 0 Å². The van der Waals surface area contributed by atoms with Crippen LogP contribution < -0.4 is 5.32 Å². The van der Waals surface area contributed by atoms with Gasteiger partial charge >= 0.3 is 0 Å². The Morgan fingerprint density at radius 1 is 1.05 bits per heavy atom. The van der Waals surface area contributed by atoms with Gasteiger partial charge in [0.15, 0.2) is 0 Å². The van der Waals surface area contributed by atoms with Crippen molar-refractivity contribution in [2.24, 2.45) is 0 Å². The van der Waals surface area contributed by atoms with Crippen LogP contribution in [-0.4, -0.2) is 17.1 Å². The molecule has 0 fully saturated rings. The third-order valence-corrected chi connectivity index (χ3v) is 3.59. The molecule has 0 saturated heterocycles. The monoisotopic (exact) mass is 281 g/mol. The predicted molar refractivity (Wildman–Crippen MR) is 83.8 cm³/mol. The fourth-order valence-corrected chi connectivity index (χ4v) is 2.52. The van der Waals surface area contributed by atoms with Gasteiger partial charge in [-0.1, -0.05) is 24.3 Å². The summed E-state index contributed by atoms with van der Waals surface area (Å²) < 4.78 is 5.24. The number of rotatable bonds is 6. The molecule has 4 nitrogen and oxygen atoms in total. The standard InChI is InChI=1S/C17H19N3O/c1-21-12-14-6-3-2-5-13(14)9-18-10-15-11-20-17-16(15)7-4-8-19-17/h2-8,11,18H,9-10,12H2,1H3,(H,19,20). The number of aromatic nitrogens is 2. The zero-order chi connectivity index (χ0) is 14.5. The highest BCUT2D eigenvalue weighted by atomic mass is 16.5. The summed E-state index contributed by atoms with van der Waals surface area (Å²) in [6.07, 6.45) is 3.82. The number of pyridine rings is 1. The van der Waals surface area contributed by atoms with Crippen LogP contribution in [0.1, 0.15) is 16.7 Å². The van der Waals surface area contributed by atoms with Gasteiger partial charge in [0.05, 0.1) is 6.61 Å². The summed E-state index contributed by atoms with van der Waals surface area (Å²) >= 11 is 0. The van der Waals surface area contributed by atoms with Crippen LogP contribution in [0.15, 0.2) is 48.8 Å². The van der Waals surface area contributed by atoms with Crippen molar-refractivity contribution in [1.29, 1.82) is 0 Å². The number of benzene rings is 1. The minimum absolute atomic E-state index is 0.648. The van der Waals surface area contributed by atoms with Crippen LogP contribution in [-0.2, 0) is 24.4 Å². The summed E-state index contributed by atoms with van der Waals surface area (Å²) in [7, 11) is 1.73. The zero-order valence-corrected chi connectivity index (χ0v) is 12.1. The lowest BCUT2D eigenvalue weighted by atomic mass is 10.1. The van der Waals surface area contributed by atoms with Gasteiger partial charge in [0.25, 0.3) is 0 Å².